The minimum atomic E-state index is -2.01. The maximum atomic E-state index is 13.7. The first-order valence-electron chi connectivity index (χ1n) is 10.7. The third-order valence-electron chi connectivity index (χ3n) is 5.91. The molecule has 4 atom stereocenters. The summed E-state index contributed by atoms with van der Waals surface area (Å²) in [5.74, 6) is -1.32. The number of carbonyl (C=O) groups is 3. The quantitative estimate of drug-likeness (QED) is 0.500. The van der Waals surface area contributed by atoms with E-state index in [1.165, 1.54) is 6.92 Å². The van der Waals surface area contributed by atoms with E-state index in [1.807, 2.05) is 56.0 Å². The Hall–Kier alpha value is -2.45. The summed E-state index contributed by atoms with van der Waals surface area (Å²) in [7, 11) is 0. The number of aliphatic hydroxyl groups is 1. The highest BCUT2D eigenvalue weighted by molar-refractivity contribution is 6.01. The van der Waals surface area contributed by atoms with E-state index in [-0.39, 0.29) is 0 Å². The summed E-state index contributed by atoms with van der Waals surface area (Å²) in [6.45, 7) is 10.2. The van der Waals surface area contributed by atoms with Gasteiger partial charge in [0.15, 0.2) is 11.9 Å². The Bertz CT molecular complexity index is 786. The van der Waals surface area contributed by atoms with E-state index < -0.39 is 46.9 Å². The fourth-order valence-electron chi connectivity index (χ4n) is 4.26. The van der Waals surface area contributed by atoms with Gasteiger partial charge in [-0.2, -0.15) is 0 Å². The number of likely N-dealkylation sites (tertiary alicyclic amines) is 1. The molecule has 0 spiro atoms. The molecule has 1 saturated heterocycles. The summed E-state index contributed by atoms with van der Waals surface area (Å²) in [5, 5.41) is 25.2. The van der Waals surface area contributed by atoms with Crippen molar-refractivity contribution in [2.75, 3.05) is 13.1 Å². The molecule has 2 unspecified atom stereocenters. The van der Waals surface area contributed by atoms with Gasteiger partial charge in [-0.25, -0.2) is 4.79 Å². The van der Waals surface area contributed by atoms with Crippen molar-refractivity contribution in [3.8, 4) is 0 Å². The molecule has 0 radical (unpaired) electrons. The van der Waals surface area contributed by atoms with Crippen LogP contribution in [0, 0.1) is 5.41 Å². The van der Waals surface area contributed by atoms with Gasteiger partial charge in [-0.15, -0.1) is 0 Å². The number of Topliss-reactive ketones (excluding diaryl/α,β-unsaturated/α-hetero) is 1. The number of ketones is 1. The third-order valence-corrected chi connectivity index (χ3v) is 5.91. The van der Waals surface area contributed by atoms with Crippen LogP contribution < -0.4 is 10.6 Å². The zero-order chi connectivity index (χ0) is 23.4. The number of carboxylic acid groups (broad SMARTS) is 1. The Balaban J connectivity index is 2.32. The molecule has 0 saturated carbocycles. The maximum Gasteiger partial charge on any atom is 0.405 e. The predicted molar refractivity (Wildman–Crippen MR) is 118 cm³/mol. The summed E-state index contributed by atoms with van der Waals surface area (Å²) >= 11 is 0. The van der Waals surface area contributed by atoms with Crippen LogP contribution in [0.2, 0.25) is 0 Å². The highest BCUT2D eigenvalue weighted by Gasteiger charge is 2.52. The molecular weight excluding hydrogens is 398 g/mol. The lowest BCUT2D eigenvalue weighted by molar-refractivity contribution is -0.146. The lowest BCUT2D eigenvalue weighted by Gasteiger charge is -2.43. The first-order valence-corrected chi connectivity index (χ1v) is 10.7. The van der Waals surface area contributed by atoms with Crippen molar-refractivity contribution >= 4 is 17.8 Å². The van der Waals surface area contributed by atoms with Gasteiger partial charge >= 0.3 is 6.09 Å². The number of nitrogens with zero attached hydrogens (tertiary/aromatic N) is 1. The number of benzene rings is 1. The van der Waals surface area contributed by atoms with Crippen molar-refractivity contribution in [2.24, 2.45) is 5.41 Å². The summed E-state index contributed by atoms with van der Waals surface area (Å²) < 4.78 is 0. The van der Waals surface area contributed by atoms with Crippen molar-refractivity contribution in [1.82, 2.24) is 15.5 Å². The molecule has 2 rings (SSSR count). The number of amides is 2. The van der Waals surface area contributed by atoms with Crippen molar-refractivity contribution in [3.63, 3.8) is 0 Å². The van der Waals surface area contributed by atoms with Crippen LogP contribution in [0.3, 0.4) is 0 Å². The Kier molecular flexibility index (Phi) is 7.83. The number of rotatable bonds is 8. The van der Waals surface area contributed by atoms with E-state index in [1.54, 1.807) is 6.92 Å². The molecule has 8 heteroatoms. The Morgan fingerprint density at radius 2 is 1.58 bits per heavy atom. The van der Waals surface area contributed by atoms with Crippen LogP contribution in [0.1, 0.15) is 59.1 Å². The molecule has 8 nitrogen and oxygen atoms in total. The molecule has 0 aliphatic carbocycles. The maximum absolute atomic E-state index is 13.7. The molecular formula is C23H35N3O5. The number of nitrogens with one attached hydrogen (secondary N) is 2. The first kappa shape index (κ1) is 24.8. The first-order chi connectivity index (χ1) is 14.4. The molecule has 31 heavy (non-hydrogen) atoms. The molecule has 0 bridgehead atoms. The molecule has 1 heterocycles. The Morgan fingerprint density at radius 1 is 1.03 bits per heavy atom. The number of hydrogen-bond donors (Lipinski definition) is 4. The van der Waals surface area contributed by atoms with Crippen LogP contribution in [0.4, 0.5) is 4.79 Å². The smallest absolute Gasteiger partial charge is 0.405 e. The van der Waals surface area contributed by atoms with Crippen LogP contribution in [0.25, 0.3) is 0 Å². The second-order valence-electron chi connectivity index (χ2n) is 9.55. The van der Waals surface area contributed by atoms with Crippen molar-refractivity contribution in [2.45, 2.75) is 71.2 Å². The van der Waals surface area contributed by atoms with E-state index in [0.717, 1.165) is 18.4 Å². The molecule has 4 N–H and O–H groups in total. The van der Waals surface area contributed by atoms with Crippen LogP contribution >= 0.6 is 0 Å². The van der Waals surface area contributed by atoms with Gasteiger partial charge in [-0.1, -0.05) is 51.1 Å². The fraction of sp³-hybridized carbons (Fsp3) is 0.609. The minimum absolute atomic E-state index is 0.426. The van der Waals surface area contributed by atoms with E-state index >= 15 is 0 Å². The zero-order valence-electron chi connectivity index (χ0n) is 19.0. The van der Waals surface area contributed by atoms with Gasteiger partial charge in [0.05, 0.1) is 12.1 Å². The Labute approximate surface area is 184 Å². The second kappa shape index (κ2) is 9.78. The largest absolute Gasteiger partial charge is 0.465 e. The van der Waals surface area contributed by atoms with E-state index in [0.29, 0.717) is 13.1 Å². The standard InChI is InChI=1S/C23H35N3O5/c1-15(16-11-7-6-8-12-16)24-20(29)19(28)23(5,25-21(30)31)18(27)17(22(2,3)4)26-13-9-10-14-26/h6-8,11-12,15,17,19,25,28H,9-10,13-14H2,1-5H3,(H,24,29)(H,30,31)/t15-,17?,19?,23-/m1/s1. The number of hydrogen-bond acceptors (Lipinski definition) is 5. The van der Waals surface area contributed by atoms with Gasteiger partial charge in [-0.05, 0) is 50.8 Å². The van der Waals surface area contributed by atoms with Crippen molar-refractivity contribution < 1.29 is 24.6 Å². The third kappa shape index (κ3) is 5.83. The van der Waals surface area contributed by atoms with Gasteiger partial charge in [-0.3, -0.25) is 14.5 Å². The minimum Gasteiger partial charge on any atom is -0.465 e. The van der Waals surface area contributed by atoms with E-state index in [4.69, 9.17) is 0 Å². The normalized spacial score (nSPS) is 19.7. The predicted octanol–water partition coefficient (Wildman–Crippen LogP) is 2.33. The lowest BCUT2D eigenvalue weighted by atomic mass is 9.74. The molecule has 1 aromatic rings. The molecule has 1 aliphatic rings. The van der Waals surface area contributed by atoms with Gasteiger partial charge < -0.3 is 20.8 Å². The van der Waals surface area contributed by atoms with Gasteiger partial charge in [0.1, 0.15) is 5.54 Å². The zero-order valence-corrected chi connectivity index (χ0v) is 19.0. The van der Waals surface area contributed by atoms with E-state index in [2.05, 4.69) is 10.6 Å². The molecule has 172 valence electrons. The van der Waals surface area contributed by atoms with Crippen molar-refractivity contribution in [1.29, 1.82) is 0 Å². The highest BCUT2D eigenvalue weighted by atomic mass is 16.4. The average molecular weight is 434 g/mol. The van der Waals surface area contributed by atoms with E-state index in [9.17, 15) is 24.6 Å². The molecule has 1 fully saturated rings. The second-order valence-corrected chi connectivity index (χ2v) is 9.55. The summed E-state index contributed by atoms with van der Waals surface area (Å²) in [4.78, 5) is 40.2. The molecule has 2 amide bonds. The summed E-state index contributed by atoms with van der Waals surface area (Å²) in [6, 6.07) is 8.10. The molecule has 1 aliphatic heterocycles. The van der Waals surface area contributed by atoms with Crippen LogP contribution in [0.15, 0.2) is 30.3 Å². The topological polar surface area (TPSA) is 119 Å². The lowest BCUT2D eigenvalue weighted by Crippen LogP contribution is -2.69. The number of carbonyl (C=O) groups excluding carboxylic acids is 2. The monoisotopic (exact) mass is 433 g/mol. The summed E-state index contributed by atoms with van der Waals surface area (Å²) in [5.41, 5.74) is -1.70. The summed E-state index contributed by atoms with van der Waals surface area (Å²) in [6.07, 6.45) is -1.48. The highest BCUT2D eigenvalue weighted by Crippen LogP contribution is 2.32. The Morgan fingerprint density at radius 3 is 2.06 bits per heavy atom. The van der Waals surface area contributed by atoms with Crippen LogP contribution in [0.5, 0.6) is 0 Å². The van der Waals surface area contributed by atoms with Crippen LogP contribution in [-0.4, -0.2) is 63.7 Å². The fourth-order valence-corrected chi connectivity index (χ4v) is 4.26. The van der Waals surface area contributed by atoms with Gasteiger partial charge in [0, 0.05) is 0 Å². The SMILES string of the molecule is C[C@@H](NC(=O)C(O)[C@](C)(NC(=O)O)C(=O)C(N1CCCC1)C(C)(C)C)c1ccccc1. The molecule has 0 aromatic heterocycles. The van der Waals surface area contributed by atoms with Crippen molar-refractivity contribution in [3.05, 3.63) is 35.9 Å². The number of aliphatic hydroxyl groups excluding tert-OH is 1. The van der Waals surface area contributed by atoms with Gasteiger partial charge in [0.2, 0.25) is 0 Å². The average Bonchev–Trinajstić information content (AvgIpc) is 3.20. The molecule has 1 aromatic carbocycles. The van der Waals surface area contributed by atoms with Gasteiger partial charge in [0.25, 0.3) is 5.91 Å². The van der Waals surface area contributed by atoms with Crippen LogP contribution in [-0.2, 0) is 9.59 Å².